The number of imidazole rings is 1. The molecule has 0 spiro atoms. The van der Waals surface area contributed by atoms with E-state index < -0.39 is 0 Å². The number of nitrogens with one attached hydrogen (secondary N) is 1. The Morgan fingerprint density at radius 3 is 3.08 bits per heavy atom. The number of H-pyrrole nitrogens is 1. The van der Waals surface area contributed by atoms with E-state index in [1.165, 1.54) is 0 Å². The molecule has 2 rings (SSSR count). The fourth-order valence-corrected chi connectivity index (χ4v) is 1.35. The maximum absolute atomic E-state index is 5.59. The van der Waals surface area contributed by atoms with Crippen LogP contribution >= 0.6 is 0 Å². The summed E-state index contributed by atoms with van der Waals surface area (Å²) in [7, 11) is 0. The molecule has 13 heavy (non-hydrogen) atoms. The highest BCUT2D eigenvalue weighted by Crippen LogP contribution is 2.13. The molecule has 0 aliphatic rings. The van der Waals surface area contributed by atoms with Gasteiger partial charge in [0.15, 0.2) is 5.65 Å². The largest absolute Gasteiger partial charge is 0.340 e. The van der Waals surface area contributed by atoms with Gasteiger partial charge in [0.25, 0.3) is 0 Å². The maximum Gasteiger partial charge on any atom is 0.178 e. The van der Waals surface area contributed by atoms with Gasteiger partial charge >= 0.3 is 0 Å². The zero-order valence-electron chi connectivity index (χ0n) is 7.54. The summed E-state index contributed by atoms with van der Waals surface area (Å²) in [6.45, 7) is 2.57. The quantitative estimate of drug-likeness (QED) is 0.716. The number of aryl methyl sites for hydroxylation is 1. The van der Waals surface area contributed by atoms with Gasteiger partial charge in [0.1, 0.15) is 5.82 Å². The van der Waals surface area contributed by atoms with Crippen molar-refractivity contribution in [2.75, 3.05) is 0 Å². The summed E-state index contributed by atoms with van der Waals surface area (Å²) in [5.74, 6) is 0.961. The van der Waals surface area contributed by atoms with E-state index in [2.05, 4.69) is 21.9 Å². The van der Waals surface area contributed by atoms with E-state index in [0.29, 0.717) is 6.54 Å². The topological polar surface area (TPSA) is 67.6 Å². The highest BCUT2D eigenvalue weighted by Gasteiger charge is 2.05. The van der Waals surface area contributed by atoms with E-state index in [4.69, 9.17) is 5.73 Å². The van der Waals surface area contributed by atoms with Gasteiger partial charge in [0, 0.05) is 19.2 Å². The molecule has 0 saturated heterocycles. The van der Waals surface area contributed by atoms with Gasteiger partial charge in [-0.15, -0.1) is 0 Å². The molecular formula is C9H12N4. The zero-order chi connectivity index (χ0) is 9.26. The molecule has 0 aliphatic heterocycles. The third-order valence-electron chi connectivity index (χ3n) is 2.08. The van der Waals surface area contributed by atoms with E-state index >= 15 is 0 Å². The summed E-state index contributed by atoms with van der Waals surface area (Å²) in [5, 5.41) is 0. The number of fused-ring (bicyclic) bond motifs is 1. The molecule has 4 nitrogen and oxygen atoms in total. The molecule has 0 saturated carbocycles. The molecule has 2 heterocycles. The third-order valence-corrected chi connectivity index (χ3v) is 2.08. The molecule has 4 heteroatoms. The fourth-order valence-electron chi connectivity index (χ4n) is 1.35. The second kappa shape index (κ2) is 3.14. The molecule has 0 bridgehead atoms. The number of rotatable bonds is 2. The Kier molecular flexibility index (Phi) is 1.98. The third kappa shape index (κ3) is 1.29. The van der Waals surface area contributed by atoms with Crippen molar-refractivity contribution < 1.29 is 0 Å². The lowest BCUT2D eigenvalue weighted by atomic mass is 10.2. The minimum Gasteiger partial charge on any atom is -0.340 e. The molecule has 68 valence electrons. The van der Waals surface area contributed by atoms with Crippen molar-refractivity contribution in [2.45, 2.75) is 19.9 Å². The van der Waals surface area contributed by atoms with Crippen LogP contribution in [0, 0.1) is 0 Å². The van der Waals surface area contributed by atoms with Crippen LogP contribution in [0.1, 0.15) is 18.3 Å². The molecule has 0 amide bonds. The predicted molar refractivity (Wildman–Crippen MR) is 51.2 cm³/mol. The molecular weight excluding hydrogens is 164 g/mol. The molecule has 0 radical (unpaired) electrons. The van der Waals surface area contributed by atoms with Crippen LogP contribution < -0.4 is 5.73 Å². The van der Waals surface area contributed by atoms with Crippen molar-refractivity contribution in [3.05, 3.63) is 23.7 Å². The second-order valence-electron chi connectivity index (χ2n) is 2.91. The van der Waals surface area contributed by atoms with Crippen molar-refractivity contribution >= 4 is 11.2 Å². The molecule has 0 aromatic carbocycles. The van der Waals surface area contributed by atoms with Crippen molar-refractivity contribution in [2.24, 2.45) is 5.73 Å². The van der Waals surface area contributed by atoms with Crippen LogP contribution in [0.3, 0.4) is 0 Å². The van der Waals surface area contributed by atoms with Gasteiger partial charge in [0.05, 0.1) is 5.52 Å². The lowest BCUT2D eigenvalue weighted by Gasteiger charge is -1.95. The summed E-state index contributed by atoms with van der Waals surface area (Å²) in [5.41, 5.74) is 8.40. The maximum atomic E-state index is 5.59. The number of aromatic nitrogens is 3. The Balaban J connectivity index is 2.67. The first-order chi connectivity index (χ1) is 6.35. The highest BCUT2D eigenvalue weighted by molar-refractivity contribution is 5.74. The van der Waals surface area contributed by atoms with E-state index in [1.54, 1.807) is 6.20 Å². The Morgan fingerprint density at radius 1 is 1.54 bits per heavy atom. The number of nitrogens with zero attached hydrogens (tertiary/aromatic N) is 2. The second-order valence-corrected chi connectivity index (χ2v) is 2.91. The van der Waals surface area contributed by atoms with Gasteiger partial charge < -0.3 is 10.7 Å². The smallest absolute Gasteiger partial charge is 0.178 e. The van der Waals surface area contributed by atoms with Gasteiger partial charge in [-0.05, 0) is 11.6 Å². The first-order valence-electron chi connectivity index (χ1n) is 4.37. The summed E-state index contributed by atoms with van der Waals surface area (Å²) in [6.07, 6.45) is 2.63. The molecule has 2 aromatic rings. The molecule has 0 fully saturated rings. The van der Waals surface area contributed by atoms with Gasteiger partial charge in [-0.1, -0.05) is 6.92 Å². The highest BCUT2D eigenvalue weighted by atomic mass is 15.0. The average Bonchev–Trinajstić information content (AvgIpc) is 2.59. The lowest BCUT2D eigenvalue weighted by Crippen LogP contribution is -1.97. The van der Waals surface area contributed by atoms with E-state index in [0.717, 1.165) is 29.0 Å². The van der Waals surface area contributed by atoms with Crippen molar-refractivity contribution in [1.82, 2.24) is 15.0 Å². The molecule has 0 aliphatic carbocycles. The summed E-state index contributed by atoms with van der Waals surface area (Å²) >= 11 is 0. The van der Waals surface area contributed by atoms with E-state index in [9.17, 15) is 0 Å². The summed E-state index contributed by atoms with van der Waals surface area (Å²) in [4.78, 5) is 11.7. The predicted octanol–water partition coefficient (Wildman–Crippen LogP) is 0.979. The minimum absolute atomic E-state index is 0.518. The van der Waals surface area contributed by atoms with Gasteiger partial charge in [0.2, 0.25) is 0 Å². The molecule has 0 unspecified atom stereocenters. The van der Waals surface area contributed by atoms with Gasteiger partial charge in [-0.2, -0.15) is 0 Å². The SMILES string of the molecule is CCc1nc2nccc(CN)c2[nH]1. The number of hydrogen-bond acceptors (Lipinski definition) is 3. The first-order valence-corrected chi connectivity index (χ1v) is 4.37. The first kappa shape index (κ1) is 8.19. The number of hydrogen-bond donors (Lipinski definition) is 2. The standard InChI is InChI=1S/C9H12N4/c1-2-7-12-8-6(5-10)3-4-11-9(8)13-7/h3-4H,2,5,10H2,1H3,(H,11,12,13). The fraction of sp³-hybridized carbons (Fsp3) is 0.333. The van der Waals surface area contributed by atoms with Crippen molar-refractivity contribution in [3.63, 3.8) is 0 Å². The van der Waals surface area contributed by atoms with Crippen LogP contribution in [0.4, 0.5) is 0 Å². The Morgan fingerprint density at radius 2 is 2.38 bits per heavy atom. The summed E-state index contributed by atoms with van der Waals surface area (Å²) in [6, 6.07) is 1.92. The molecule has 0 atom stereocenters. The lowest BCUT2D eigenvalue weighted by molar-refractivity contribution is 0.995. The van der Waals surface area contributed by atoms with E-state index in [1.807, 2.05) is 6.07 Å². The zero-order valence-corrected chi connectivity index (χ0v) is 7.54. The molecule has 3 N–H and O–H groups in total. The Labute approximate surface area is 76.2 Å². The van der Waals surface area contributed by atoms with Crippen molar-refractivity contribution in [1.29, 1.82) is 0 Å². The van der Waals surface area contributed by atoms with Crippen LogP contribution in [0.15, 0.2) is 12.3 Å². The number of aromatic amines is 1. The number of nitrogens with two attached hydrogens (primary N) is 1. The van der Waals surface area contributed by atoms with Gasteiger partial charge in [-0.25, -0.2) is 9.97 Å². The Hall–Kier alpha value is -1.42. The average molecular weight is 176 g/mol. The van der Waals surface area contributed by atoms with Crippen LogP contribution in [0.2, 0.25) is 0 Å². The van der Waals surface area contributed by atoms with Gasteiger partial charge in [-0.3, -0.25) is 0 Å². The van der Waals surface area contributed by atoms with Crippen LogP contribution in [0.5, 0.6) is 0 Å². The van der Waals surface area contributed by atoms with Crippen LogP contribution in [-0.4, -0.2) is 15.0 Å². The van der Waals surface area contributed by atoms with Crippen LogP contribution in [0.25, 0.3) is 11.2 Å². The van der Waals surface area contributed by atoms with Crippen LogP contribution in [-0.2, 0) is 13.0 Å². The minimum atomic E-state index is 0.518. The number of pyridine rings is 1. The van der Waals surface area contributed by atoms with Crippen molar-refractivity contribution in [3.8, 4) is 0 Å². The van der Waals surface area contributed by atoms with E-state index in [-0.39, 0.29) is 0 Å². The molecule has 2 aromatic heterocycles. The Bertz CT molecular complexity index is 418. The monoisotopic (exact) mass is 176 g/mol. The summed E-state index contributed by atoms with van der Waals surface area (Å²) < 4.78 is 0. The normalized spacial score (nSPS) is 10.9.